The van der Waals surface area contributed by atoms with Gasteiger partial charge >= 0.3 is 6.09 Å². The van der Waals surface area contributed by atoms with E-state index < -0.39 is 0 Å². The molecule has 0 spiro atoms. The summed E-state index contributed by atoms with van der Waals surface area (Å²) in [7, 11) is 0. The third-order valence-electron chi connectivity index (χ3n) is 4.33. The standard InChI is InChI=1S/C19H30N2O2/c1-16(2)20-13-8-12-18-11-6-7-14-21(18)19(22)23-15-17-9-4-3-5-10-17/h3-5,9-10,16,18,20H,6-8,11-15H2,1-2H3/t18-/m1/s1. The summed E-state index contributed by atoms with van der Waals surface area (Å²) in [6.07, 6.45) is 5.40. The number of nitrogens with zero attached hydrogens (tertiary/aromatic N) is 1. The average Bonchev–Trinajstić information content (AvgIpc) is 2.58. The number of hydrogen-bond donors (Lipinski definition) is 1. The van der Waals surface area contributed by atoms with E-state index in [1.165, 1.54) is 6.42 Å². The number of benzene rings is 1. The molecule has 23 heavy (non-hydrogen) atoms. The summed E-state index contributed by atoms with van der Waals surface area (Å²) < 4.78 is 5.51. The lowest BCUT2D eigenvalue weighted by Gasteiger charge is -2.35. The summed E-state index contributed by atoms with van der Waals surface area (Å²) in [6.45, 7) is 6.52. The molecule has 0 aromatic heterocycles. The third kappa shape index (κ3) is 6.22. The van der Waals surface area contributed by atoms with Gasteiger partial charge in [0.15, 0.2) is 0 Å². The van der Waals surface area contributed by atoms with Gasteiger partial charge in [0.25, 0.3) is 0 Å². The van der Waals surface area contributed by atoms with Gasteiger partial charge in [0.2, 0.25) is 0 Å². The summed E-state index contributed by atoms with van der Waals surface area (Å²) in [5.74, 6) is 0. The van der Waals surface area contributed by atoms with Crippen LogP contribution in [0.15, 0.2) is 30.3 Å². The normalized spacial score (nSPS) is 18.2. The van der Waals surface area contributed by atoms with Gasteiger partial charge in [-0.3, -0.25) is 0 Å². The van der Waals surface area contributed by atoms with E-state index in [0.717, 1.165) is 44.3 Å². The first-order valence-electron chi connectivity index (χ1n) is 8.87. The second-order valence-electron chi connectivity index (χ2n) is 6.63. The van der Waals surface area contributed by atoms with Crippen LogP contribution in [0.1, 0.15) is 51.5 Å². The van der Waals surface area contributed by atoms with Gasteiger partial charge in [-0.1, -0.05) is 44.2 Å². The molecule has 1 saturated heterocycles. The molecule has 1 aliphatic rings. The molecule has 1 atom stereocenters. The Kier molecular flexibility index (Phi) is 7.40. The SMILES string of the molecule is CC(C)NCCC[C@H]1CCCCN1C(=O)OCc1ccccc1. The fourth-order valence-corrected chi connectivity index (χ4v) is 3.07. The van der Waals surface area contributed by atoms with Crippen molar-refractivity contribution in [1.29, 1.82) is 0 Å². The first kappa shape index (κ1) is 17.8. The van der Waals surface area contributed by atoms with Gasteiger partial charge in [0.05, 0.1) is 0 Å². The lowest BCUT2D eigenvalue weighted by Crippen LogP contribution is -2.44. The van der Waals surface area contributed by atoms with Crippen LogP contribution in [0.3, 0.4) is 0 Å². The highest BCUT2D eigenvalue weighted by Crippen LogP contribution is 2.22. The molecule has 0 bridgehead atoms. The maximum Gasteiger partial charge on any atom is 0.410 e. The Hall–Kier alpha value is -1.55. The Morgan fingerprint density at radius 3 is 2.83 bits per heavy atom. The molecule has 1 fully saturated rings. The summed E-state index contributed by atoms with van der Waals surface area (Å²) in [6, 6.07) is 10.7. The number of nitrogens with one attached hydrogen (secondary N) is 1. The fraction of sp³-hybridized carbons (Fsp3) is 0.632. The fourth-order valence-electron chi connectivity index (χ4n) is 3.07. The van der Waals surface area contributed by atoms with Crippen LogP contribution < -0.4 is 5.32 Å². The summed E-state index contributed by atoms with van der Waals surface area (Å²) in [4.78, 5) is 14.4. The quantitative estimate of drug-likeness (QED) is 0.774. The Labute approximate surface area is 140 Å². The predicted octanol–water partition coefficient (Wildman–Crippen LogP) is 3.96. The Morgan fingerprint density at radius 2 is 2.09 bits per heavy atom. The molecule has 4 nitrogen and oxygen atoms in total. The monoisotopic (exact) mass is 318 g/mol. The number of rotatable bonds is 7. The lowest BCUT2D eigenvalue weighted by molar-refractivity contribution is 0.0655. The zero-order valence-corrected chi connectivity index (χ0v) is 14.5. The highest BCUT2D eigenvalue weighted by Gasteiger charge is 2.27. The van der Waals surface area contributed by atoms with Crippen molar-refractivity contribution >= 4 is 6.09 Å². The minimum atomic E-state index is -0.157. The minimum Gasteiger partial charge on any atom is -0.445 e. The van der Waals surface area contributed by atoms with Crippen LogP contribution in [0.4, 0.5) is 4.79 Å². The number of ether oxygens (including phenoxy) is 1. The van der Waals surface area contributed by atoms with Crippen molar-refractivity contribution in [3.05, 3.63) is 35.9 Å². The molecule has 1 aromatic carbocycles. The number of amides is 1. The van der Waals surface area contributed by atoms with E-state index in [0.29, 0.717) is 18.7 Å². The molecule has 128 valence electrons. The van der Waals surface area contributed by atoms with Gasteiger partial charge in [0, 0.05) is 18.6 Å². The molecule has 0 unspecified atom stereocenters. The second kappa shape index (κ2) is 9.56. The van der Waals surface area contributed by atoms with Crippen LogP contribution in [0.25, 0.3) is 0 Å². The molecular formula is C19H30N2O2. The Bertz CT molecular complexity index is 462. The van der Waals surface area contributed by atoms with Crippen molar-refractivity contribution < 1.29 is 9.53 Å². The molecular weight excluding hydrogens is 288 g/mol. The summed E-state index contributed by atoms with van der Waals surface area (Å²) in [5, 5.41) is 3.44. The van der Waals surface area contributed by atoms with Gasteiger partial charge in [0.1, 0.15) is 6.61 Å². The number of hydrogen-bond acceptors (Lipinski definition) is 3. The summed E-state index contributed by atoms with van der Waals surface area (Å²) in [5.41, 5.74) is 1.04. The average molecular weight is 318 g/mol. The van der Waals surface area contributed by atoms with Crippen LogP contribution in [0, 0.1) is 0 Å². The highest BCUT2D eigenvalue weighted by atomic mass is 16.6. The van der Waals surface area contributed by atoms with Crippen molar-refractivity contribution in [2.45, 2.75) is 64.6 Å². The van der Waals surface area contributed by atoms with Crippen LogP contribution in [-0.2, 0) is 11.3 Å². The van der Waals surface area contributed by atoms with Crippen LogP contribution in [-0.4, -0.2) is 36.2 Å². The van der Waals surface area contributed by atoms with Gasteiger partial charge in [-0.25, -0.2) is 4.79 Å². The first-order chi connectivity index (χ1) is 11.2. The van der Waals surface area contributed by atoms with Crippen LogP contribution >= 0.6 is 0 Å². The molecule has 4 heteroatoms. The van der Waals surface area contributed by atoms with E-state index in [1.54, 1.807) is 0 Å². The van der Waals surface area contributed by atoms with Crippen molar-refractivity contribution in [1.82, 2.24) is 10.2 Å². The van der Waals surface area contributed by atoms with Crippen molar-refractivity contribution in [3.8, 4) is 0 Å². The third-order valence-corrected chi connectivity index (χ3v) is 4.33. The second-order valence-corrected chi connectivity index (χ2v) is 6.63. The molecule has 0 saturated carbocycles. The van der Waals surface area contributed by atoms with Crippen molar-refractivity contribution in [3.63, 3.8) is 0 Å². The minimum absolute atomic E-state index is 0.157. The topological polar surface area (TPSA) is 41.6 Å². The van der Waals surface area contributed by atoms with Crippen molar-refractivity contribution in [2.75, 3.05) is 13.1 Å². The molecule has 1 heterocycles. The van der Waals surface area contributed by atoms with E-state index in [9.17, 15) is 4.79 Å². The van der Waals surface area contributed by atoms with Gasteiger partial charge in [-0.05, 0) is 44.2 Å². The molecule has 1 aliphatic heterocycles. The lowest BCUT2D eigenvalue weighted by atomic mass is 9.98. The summed E-state index contributed by atoms with van der Waals surface area (Å²) >= 11 is 0. The highest BCUT2D eigenvalue weighted by molar-refractivity contribution is 5.68. The van der Waals surface area contributed by atoms with E-state index >= 15 is 0 Å². The van der Waals surface area contributed by atoms with Gasteiger partial charge < -0.3 is 15.0 Å². The largest absolute Gasteiger partial charge is 0.445 e. The van der Waals surface area contributed by atoms with Crippen LogP contribution in [0.2, 0.25) is 0 Å². The number of carbonyl (C=O) groups is 1. The molecule has 0 radical (unpaired) electrons. The van der Waals surface area contributed by atoms with E-state index in [2.05, 4.69) is 19.2 Å². The van der Waals surface area contributed by atoms with Gasteiger partial charge in [-0.15, -0.1) is 0 Å². The molecule has 1 N–H and O–H groups in total. The van der Waals surface area contributed by atoms with E-state index in [1.807, 2.05) is 35.2 Å². The van der Waals surface area contributed by atoms with Crippen LogP contribution in [0.5, 0.6) is 0 Å². The Morgan fingerprint density at radius 1 is 1.30 bits per heavy atom. The predicted molar refractivity (Wildman–Crippen MR) is 93.3 cm³/mol. The first-order valence-corrected chi connectivity index (χ1v) is 8.87. The van der Waals surface area contributed by atoms with Gasteiger partial charge in [-0.2, -0.15) is 0 Å². The maximum absolute atomic E-state index is 12.4. The smallest absolute Gasteiger partial charge is 0.410 e. The Balaban J connectivity index is 1.78. The van der Waals surface area contributed by atoms with E-state index in [4.69, 9.17) is 4.74 Å². The maximum atomic E-state index is 12.4. The molecule has 2 rings (SSSR count). The molecule has 1 amide bonds. The molecule has 1 aromatic rings. The molecule has 0 aliphatic carbocycles. The number of carbonyl (C=O) groups excluding carboxylic acids is 1. The van der Waals surface area contributed by atoms with Crippen molar-refractivity contribution in [2.24, 2.45) is 0 Å². The number of piperidine rings is 1. The van der Waals surface area contributed by atoms with E-state index in [-0.39, 0.29) is 6.09 Å². The number of likely N-dealkylation sites (tertiary alicyclic amines) is 1. The zero-order valence-electron chi connectivity index (χ0n) is 14.5. The zero-order chi connectivity index (χ0) is 16.5.